The van der Waals surface area contributed by atoms with E-state index in [1.807, 2.05) is 58.0 Å². The van der Waals surface area contributed by atoms with Crippen molar-refractivity contribution >= 4 is 49.0 Å². The van der Waals surface area contributed by atoms with Gasteiger partial charge in [-0.05, 0) is 107 Å². The van der Waals surface area contributed by atoms with E-state index in [0.717, 1.165) is 26.9 Å². The van der Waals surface area contributed by atoms with Crippen LogP contribution in [0.3, 0.4) is 0 Å². The second-order valence-corrected chi connectivity index (χ2v) is 11.5. The number of rotatable bonds is 9. The maximum atomic E-state index is 13.8. The predicted molar refractivity (Wildman–Crippen MR) is 169 cm³/mol. The Morgan fingerprint density at radius 3 is 2.42 bits per heavy atom. The highest BCUT2D eigenvalue weighted by Crippen LogP contribution is 2.43. The summed E-state index contributed by atoms with van der Waals surface area (Å²) < 4.78 is 20.3. The molecule has 0 bridgehead atoms. The fourth-order valence-corrected chi connectivity index (χ4v) is 5.31. The third-order valence-electron chi connectivity index (χ3n) is 6.32. The molecule has 0 amide bonds. The highest BCUT2D eigenvalue weighted by atomic mass is 79.9. The third kappa shape index (κ3) is 5.95. The van der Waals surface area contributed by atoms with E-state index in [9.17, 15) is 4.79 Å². The van der Waals surface area contributed by atoms with Gasteiger partial charge in [0.15, 0.2) is 17.3 Å². The minimum Gasteiger partial charge on any atom is -0.494 e. The van der Waals surface area contributed by atoms with Crippen LogP contribution < -0.4 is 19.8 Å². The van der Waals surface area contributed by atoms with Crippen molar-refractivity contribution in [3.63, 3.8) is 0 Å². The third-order valence-corrected chi connectivity index (χ3v) is 8.46. The van der Waals surface area contributed by atoms with E-state index in [1.54, 1.807) is 19.4 Å². The Labute approximate surface area is 251 Å². The average Bonchev–Trinajstić information content (AvgIpc) is 2.91. The second kappa shape index (κ2) is 12.6. The van der Waals surface area contributed by atoms with Crippen LogP contribution >= 0.6 is 31.9 Å². The first-order chi connectivity index (χ1) is 19.1. The van der Waals surface area contributed by atoms with Crippen LogP contribution in [0.2, 0.25) is 0 Å². The minimum atomic E-state index is -0.266. The Hall–Kier alpha value is -3.17. The number of benzene rings is 3. The molecule has 0 radical (unpaired) electrons. The summed E-state index contributed by atoms with van der Waals surface area (Å²) in [6.45, 7) is 12.7. The summed E-state index contributed by atoms with van der Waals surface area (Å²) in [7, 11) is 1.58. The number of nitrogens with zero attached hydrogens (tertiary/aromatic N) is 3. The topological polar surface area (TPSA) is 74.9 Å². The number of ether oxygens (including phenoxy) is 3. The smallest absolute Gasteiger partial charge is 0.282 e. The molecule has 3 aromatic carbocycles. The Morgan fingerprint density at radius 2 is 1.77 bits per heavy atom. The van der Waals surface area contributed by atoms with Crippen molar-refractivity contribution in [2.24, 2.45) is 5.10 Å². The Morgan fingerprint density at radius 1 is 1.05 bits per heavy atom. The van der Waals surface area contributed by atoms with Gasteiger partial charge in [-0.15, -0.1) is 0 Å². The van der Waals surface area contributed by atoms with E-state index in [4.69, 9.17) is 19.2 Å². The largest absolute Gasteiger partial charge is 0.494 e. The number of methoxy groups -OCH3 is 1. The van der Waals surface area contributed by atoms with Crippen molar-refractivity contribution in [2.75, 3.05) is 13.7 Å². The van der Waals surface area contributed by atoms with Crippen LogP contribution in [0.15, 0.2) is 61.3 Å². The Bertz CT molecular complexity index is 1640. The summed E-state index contributed by atoms with van der Waals surface area (Å²) in [6, 6.07) is 13.2. The fourth-order valence-electron chi connectivity index (χ4n) is 4.39. The predicted octanol–water partition coefficient (Wildman–Crippen LogP) is 8.10. The molecule has 0 aliphatic carbocycles. The summed E-state index contributed by atoms with van der Waals surface area (Å²) in [4.78, 5) is 18.7. The zero-order chi connectivity index (χ0) is 29.1. The maximum absolute atomic E-state index is 13.8. The van der Waals surface area contributed by atoms with Gasteiger partial charge in [0.25, 0.3) is 5.56 Å². The first-order valence-corrected chi connectivity index (χ1v) is 14.7. The summed E-state index contributed by atoms with van der Waals surface area (Å²) in [6.07, 6.45) is 1.57. The van der Waals surface area contributed by atoms with Crippen molar-refractivity contribution in [2.45, 2.75) is 53.6 Å². The van der Waals surface area contributed by atoms with Gasteiger partial charge in [0.05, 0.1) is 41.4 Å². The molecule has 1 heterocycles. The van der Waals surface area contributed by atoms with Crippen molar-refractivity contribution in [1.82, 2.24) is 9.66 Å². The van der Waals surface area contributed by atoms with Gasteiger partial charge in [0.1, 0.15) is 5.75 Å². The van der Waals surface area contributed by atoms with Gasteiger partial charge in [-0.3, -0.25) is 4.79 Å². The molecule has 4 aromatic rings. The molecule has 0 atom stereocenters. The van der Waals surface area contributed by atoms with Gasteiger partial charge in [0.2, 0.25) is 0 Å². The lowest BCUT2D eigenvalue weighted by atomic mass is 9.96. The van der Waals surface area contributed by atoms with Gasteiger partial charge in [-0.25, -0.2) is 4.98 Å². The quantitative estimate of drug-likeness (QED) is 0.168. The highest BCUT2D eigenvalue weighted by Gasteiger charge is 2.20. The number of para-hydroxylation sites is 1. The molecule has 4 rings (SSSR count). The summed E-state index contributed by atoms with van der Waals surface area (Å²) in [5.74, 6) is 2.61. The normalized spacial score (nSPS) is 11.7. The molecular formula is C31H33Br2N3O4. The van der Waals surface area contributed by atoms with Crippen LogP contribution in [-0.4, -0.2) is 35.7 Å². The van der Waals surface area contributed by atoms with E-state index >= 15 is 0 Å². The van der Waals surface area contributed by atoms with Crippen LogP contribution in [0.25, 0.3) is 22.3 Å². The SMILES string of the molecule is CCOc1cc(C)c(-c2nc3ccccc3c(=O)n2N=Cc2cc(OC)c(OC(C)C)c(Br)c2Br)cc1C(C)C. The summed E-state index contributed by atoms with van der Waals surface area (Å²) in [5.41, 5.74) is 3.81. The van der Waals surface area contributed by atoms with Gasteiger partial charge in [-0.1, -0.05) is 26.0 Å². The van der Waals surface area contributed by atoms with E-state index < -0.39 is 0 Å². The lowest BCUT2D eigenvalue weighted by molar-refractivity contribution is 0.228. The van der Waals surface area contributed by atoms with Crippen LogP contribution in [0.5, 0.6) is 17.2 Å². The Kier molecular flexibility index (Phi) is 9.36. The number of hydrogen-bond donors (Lipinski definition) is 0. The standard InChI is InChI=1S/C31H33Br2N3O4/c1-8-39-25-13-19(6)23(15-22(25)17(2)3)30-35-24-12-10-9-11-21(24)31(37)36(30)34-16-20-14-26(38-7)29(40-18(4)5)28(33)27(20)32/h9-18H,8H2,1-7H3. The number of hydrogen-bond acceptors (Lipinski definition) is 6. The fraction of sp³-hybridized carbons (Fsp3) is 0.323. The van der Waals surface area contributed by atoms with E-state index in [2.05, 4.69) is 56.9 Å². The van der Waals surface area contributed by atoms with Gasteiger partial charge in [-0.2, -0.15) is 9.78 Å². The first kappa shape index (κ1) is 29.8. The minimum absolute atomic E-state index is 0.0467. The maximum Gasteiger partial charge on any atom is 0.282 e. The molecule has 0 fully saturated rings. The molecule has 7 nitrogen and oxygen atoms in total. The van der Waals surface area contributed by atoms with Crippen molar-refractivity contribution in [3.8, 4) is 28.6 Å². The zero-order valence-electron chi connectivity index (χ0n) is 23.7. The van der Waals surface area contributed by atoms with Crippen molar-refractivity contribution in [1.29, 1.82) is 0 Å². The zero-order valence-corrected chi connectivity index (χ0v) is 26.9. The average molecular weight is 671 g/mol. The molecule has 0 N–H and O–H groups in total. The number of aryl methyl sites for hydroxylation is 1. The van der Waals surface area contributed by atoms with Crippen molar-refractivity contribution in [3.05, 3.63) is 78.5 Å². The first-order valence-electron chi connectivity index (χ1n) is 13.1. The molecule has 40 heavy (non-hydrogen) atoms. The molecule has 9 heteroatoms. The molecule has 0 saturated heterocycles. The monoisotopic (exact) mass is 669 g/mol. The van der Waals surface area contributed by atoms with Crippen LogP contribution in [-0.2, 0) is 0 Å². The molecule has 210 valence electrons. The molecule has 0 unspecified atom stereocenters. The molecule has 0 aliphatic heterocycles. The van der Waals surface area contributed by atoms with Gasteiger partial charge < -0.3 is 14.2 Å². The van der Waals surface area contributed by atoms with E-state index in [1.165, 1.54) is 4.68 Å². The molecule has 0 spiro atoms. The van der Waals surface area contributed by atoms with E-state index in [-0.39, 0.29) is 17.6 Å². The number of halogens is 2. The number of fused-ring (bicyclic) bond motifs is 1. The number of aromatic nitrogens is 2. The molecular weight excluding hydrogens is 638 g/mol. The van der Waals surface area contributed by atoms with Crippen molar-refractivity contribution < 1.29 is 14.2 Å². The Balaban J connectivity index is 1.96. The molecule has 0 aliphatic rings. The molecule has 0 saturated carbocycles. The highest BCUT2D eigenvalue weighted by molar-refractivity contribution is 9.13. The van der Waals surface area contributed by atoms with Crippen LogP contribution in [0.1, 0.15) is 57.2 Å². The van der Waals surface area contributed by atoms with E-state index in [0.29, 0.717) is 44.9 Å². The lowest BCUT2D eigenvalue weighted by Gasteiger charge is -2.18. The van der Waals surface area contributed by atoms with Gasteiger partial charge >= 0.3 is 0 Å². The van der Waals surface area contributed by atoms with Crippen LogP contribution in [0.4, 0.5) is 0 Å². The van der Waals surface area contributed by atoms with Gasteiger partial charge in [0, 0.05) is 15.6 Å². The second-order valence-electron chi connectivity index (χ2n) is 9.90. The lowest BCUT2D eigenvalue weighted by Crippen LogP contribution is -2.21. The molecule has 1 aromatic heterocycles. The van der Waals surface area contributed by atoms with Crippen LogP contribution in [0, 0.1) is 6.92 Å². The summed E-state index contributed by atoms with van der Waals surface area (Å²) in [5, 5.41) is 5.16. The summed E-state index contributed by atoms with van der Waals surface area (Å²) >= 11 is 7.27.